The van der Waals surface area contributed by atoms with E-state index >= 15 is 0 Å². The van der Waals surface area contributed by atoms with Crippen molar-refractivity contribution >= 4 is 15.9 Å². The van der Waals surface area contributed by atoms with Crippen LogP contribution in [0.4, 0.5) is 0 Å². The molecular weight excluding hydrogens is 336 g/mol. The molecule has 1 nitrogen and oxygen atoms in total. The van der Waals surface area contributed by atoms with Crippen molar-refractivity contribution < 1.29 is 4.74 Å². The first kappa shape index (κ1) is 17.8. The zero-order valence-corrected chi connectivity index (χ0v) is 16.2. The van der Waals surface area contributed by atoms with Crippen molar-refractivity contribution in [2.24, 2.45) is 23.2 Å². The lowest BCUT2D eigenvalue weighted by molar-refractivity contribution is 0.101. The monoisotopic (exact) mass is 366 g/mol. The molecule has 1 fully saturated rings. The van der Waals surface area contributed by atoms with Gasteiger partial charge in [0.2, 0.25) is 0 Å². The molecule has 0 bridgehead atoms. The molecule has 0 heterocycles. The Labute approximate surface area is 145 Å². The van der Waals surface area contributed by atoms with Crippen molar-refractivity contribution in [1.82, 2.24) is 0 Å². The van der Waals surface area contributed by atoms with Gasteiger partial charge in [-0.05, 0) is 79.5 Å². The van der Waals surface area contributed by atoms with Gasteiger partial charge in [0.1, 0.15) is 5.75 Å². The average molecular weight is 367 g/mol. The van der Waals surface area contributed by atoms with Gasteiger partial charge < -0.3 is 4.74 Å². The predicted octanol–water partition coefficient (Wildman–Crippen LogP) is 6.71. The number of hydrogen-bond acceptors (Lipinski definition) is 1. The molecule has 124 valence electrons. The summed E-state index contributed by atoms with van der Waals surface area (Å²) in [5.74, 6) is 3.27. The fourth-order valence-electron chi connectivity index (χ4n) is 3.63. The summed E-state index contributed by atoms with van der Waals surface area (Å²) in [6.07, 6.45) is 6.75. The van der Waals surface area contributed by atoms with Crippen molar-refractivity contribution in [3.63, 3.8) is 0 Å². The van der Waals surface area contributed by atoms with Crippen LogP contribution >= 0.6 is 15.9 Å². The predicted molar refractivity (Wildman–Crippen MR) is 98.3 cm³/mol. The van der Waals surface area contributed by atoms with Crippen molar-refractivity contribution in [2.45, 2.75) is 59.8 Å². The third-order valence-corrected chi connectivity index (χ3v) is 5.63. The van der Waals surface area contributed by atoms with Gasteiger partial charge >= 0.3 is 0 Å². The quantitative estimate of drug-likeness (QED) is 0.543. The van der Waals surface area contributed by atoms with E-state index in [1.54, 1.807) is 0 Å². The van der Waals surface area contributed by atoms with Gasteiger partial charge in [0, 0.05) is 4.47 Å². The first-order chi connectivity index (χ1) is 10.4. The maximum atomic E-state index is 6.11. The Kier molecular flexibility index (Phi) is 6.37. The van der Waals surface area contributed by atoms with E-state index in [2.05, 4.69) is 67.9 Å². The largest absolute Gasteiger partial charge is 0.493 e. The van der Waals surface area contributed by atoms with E-state index < -0.39 is 0 Å². The number of rotatable bonds is 6. The lowest BCUT2D eigenvalue weighted by Crippen LogP contribution is -2.30. The zero-order valence-electron chi connectivity index (χ0n) is 14.6. The van der Waals surface area contributed by atoms with E-state index in [0.717, 1.165) is 28.7 Å². The average Bonchev–Trinajstić information content (AvgIpc) is 2.45. The lowest BCUT2D eigenvalue weighted by Gasteiger charge is -2.38. The summed E-state index contributed by atoms with van der Waals surface area (Å²) < 4.78 is 7.21. The third kappa shape index (κ3) is 5.61. The Morgan fingerprint density at radius 2 is 1.73 bits per heavy atom. The minimum Gasteiger partial charge on any atom is -0.493 e. The standard InChI is InChI=1S/C20H31BrO/c1-15(2)13-17(16-9-11-20(3,4)12-10-16)14-22-19-7-5-18(21)6-8-19/h5-8,15-17H,9-14H2,1-4H3. The molecule has 1 aromatic rings. The number of ether oxygens (including phenoxy) is 1. The first-order valence-electron chi connectivity index (χ1n) is 8.74. The highest BCUT2D eigenvalue weighted by atomic mass is 79.9. The van der Waals surface area contributed by atoms with Gasteiger partial charge in [0.15, 0.2) is 0 Å². The maximum absolute atomic E-state index is 6.11. The molecule has 2 heteroatoms. The van der Waals surface area contributed by atoms with Crippen molar-refractivity contribution in [1.29, 1.82) is 0 Å². The topological polar surface area (TPSA) is 9.23 Å². The van der Waals surface area contributed by atoms with Crippen LogP contribution in [0.15, 0.2) is 28.7 Å². The molecule has 1 aliphatic rings. The molecule has 0 spiro atoms. The van der Waals surface area contributed by atoms with Gasteiger partial charge in [-0.15, -0.1) is 0 Å². The van der Waals surface area contributed by atoms with Crippen LogP contribution in [0.25, 0.3) is 0 Å². The highest BCUT2D eigenvalue weighted by molar-refractivity contribution is 9.10. The van der Waals surface area contributed by atoms with Crippen molar-refractivity contribution in [3.05, 3.63) is 28.7 Å². The molecule has 0 saturated heterocycles. The summed E-state index contributed by atoms with van der Waals surface area (Å²) in [7, 11) is 0. The number of halogens is 1. The Bertz CT molecular complexity index is 439. The molecule has 0 N–H and O–H groups in total. The number of hydrogen-bond donors (Lipinski definition) is 0. The molecule has 2 rings (SSSR count). The molecule has 0 radical (unpaired) electrons. The summed E-state index contributed by atoms with van der Waals surface area (Å²) in [6, 6.07) is 8.22. The lowest BCUT2D eigenvalue weighted by atomic mass is 9.68. The second-order valence-electron chi connectivity index (χ2n) is 8.16. The van der Waals surface area contributed by atoms with Crippen molar-refractivity contribution in [2.75, 3.05) is 6.61 Å². The molecule has 1 aromatic carbocycles. The summed E-state index contributed by atoms with van der Waals surface area (Å²) in [5.41, 5.74) is 0.547. The molecule has 1 unspecified atom stereocenters. The minimum absolute atomic E-state index is 0.547. The molecule has 1 atom stereocenters. The smallest absolute Gasteiger partial charge is 0.119 e. The van der Waals surface area contributed by atoms with Gasteiger partial charge in [-0.25, -0.2) is 0 Å². The summed E-state index contributed by atoms with van der Waals surface area (Å²) >= 11 is 3.48. The van der Waals surface area contributed by atoms with Crippen LogP contribution in [0, 0.1) is 23.2 Å². The minimum atomic E-state index is 0.547. The van der Waals surface area contributed by atoms with Crippen LogP contribution in [-0.4, -0.2) is 6.61 Å². The first-order valence-corrected chi connectivity index (χ1v) is 9.53. The van der Waals surface area contributed by atoms with Gasteiger partial charge in [0.05, 0.1) is 6.61 Å². The Balaban J connectivity index is 1.93. The van der Waals surface area contributed by atoms with Crippen LogP contribution in [0.3, 0.4) is 0 Å². The maximum Gasteiger partial charge on any atom is 0.119 e. The second-order valence-corrected chi connectivity index (χ2v) is 9.07. The van der Waals surface area contributed by atoms with Gasteiger partial charge in [-0.1, -0.05) is 43.6 Å². The fraction of sp³-hybridized carbons (Fsp3) is 0.700. The summed E-state index contributed by atoms with van der Waals surface area (Å²) in [6.45, 7) is 10.4. The summed E-state index contributed by atoms with van der Waals surface area (Å²) in [5, 5.41) is 0. The fourth-order valence-corrected chi connectivity index (χ4v) is 3.89. The van der Waals surface area contributed by atoms with Crippen LogP contribution in [0.1, 0.15) is 59.8 Å². The van der Waals surface area contributed by atoms with Gasteiger partial charge in [-0.2, -0.15) is 0 Å². The number of benzene rings is 1. The summed E-state index contributed by atoms with van der Waals surface area (Å²) in [4.78, 5) is 0. The Hall–Kier alpha value is -0.500. The van der Waals surface area contributed by atoms with Gasteiger partial charge in [0.25, 0.3) is 0 Å². The molecular formula is C20H31BrO. The van der Waals surface area contributed by atoms with E-state index in [1.165, 1.54) is 32.1 Å². The van der Waals surface area contributed by atoms with Crippen LogP contribution < -0.4 is 4.74 Å². The zero-order chi connectivity index (χ0) is 16.2. The van der Waals surface area contributed by atoms with Gasteiger partial charge in [-0.3, -0.25) is 0 Å². The van der Waals surface area contributed by atoms with Crippen LogP contribution in [-0.2, 0) is 0 Å². The van der Waals surface area contributed by atoms with E-state index in [-0.39, 0.29) is 0 Å². The molecule has 0 aliphatic heterocycles. The normalized spacial score (nSPS) is 20.1. The second kappa shape index (κ2) is 7.86. The highest BCUT2D eigenvalue weighted by Crippen LogP contribution is 2.42. The Morgan fingerprint density at radius 1 is 1.14 bits per heavy atom. The molecule has 1 saturated carbocycles. The van der Waals surface area contributed by atoms with E-state index in [1.807, 2.05) is 0 Å². The SMILES string of the molecule is CC(C)CC(COc1ccc(Br)cc1)C1CCC(C)(C)CC1. The van der Waals surface area contributed by atoms with Crippen molar-refractivity contribution in [3.8, 4) is 5.75 Å². The molecule has 0 aromatic heterocycles. The molecule has 1 aliphatic carbocycles. The van der Waals surface area contributed by atoms with Crippen LogP contribution in [0.5, 0.6) is 5.75 Å². The molecule has 22 heavy (non-hydrogen) atoms. The third-order valence-electron chi connectivity index (χ3n) is 5.10. The van der Waals surface area contributed by atoms with E-state index in [9.17, 15) is 0 Å². The highest BCUT2D eigenvalue weighted by Gasteiger charge is 2.31. The van der Waals surface area contributed by atoms with Crippen LogP contribution in [0.2, 0.25) is 0 Å². The van der Waals surface area contributed by atoms with E-state index in [0.29, 0.717) is 11.3 Å². The van der Waals surface area contributed by atoms with E-state index in [4.69, 9.17) is 4.74 Å². The molecule has 0 amide bonds. The Morgan fingerprint density at radius 3 is 2.27 bits per heavy atom.